The van der Waals surface area contributed by atoms with Crippen LogP contribution < -0.4 is 0 Å². The summed E-state index contributed by atoms with van der Waals surface area (Å²) in [6.45, 7) is 7.17. The first-order valence-corrected chi connectivity index (χ1v) is 6.48. The van der Waals surface area contributed by atoms with E-state index in [1.165, 1.54) is 4.90 Å². The molecule has 1 aliphatic rings. The first kappa shape index (κ1) is 14.0. The van der Waals surface area contributed by atoms with Crippen LogP contribution in [0.4, 0.5) is 0 Å². The van der Waals surface area contributed by atoms with Crippen LogP contribution in [-0.2, 0) is 16.0 Å². The molecular formula is C15H21NO3. The van der Waals surface area contributed by atoms with Crippen LogP contribution in [0.15, 0.2) is 30.3 Å². The minimum Gasteiger partial charge on any atom is -0.370 e. The zero-order chi connectivity index (χ0) is 14.3. The maximum Gasteiger partial charge on any atom is 0.231 e. The van der Waals surface area contributed by atoms with Gasteiger partial charge in [-0.25, -0.2) is 0 Å². The van der Waals surface area contributed by atoms with Gasteiger partial charge in [-0.15, -0.1) is 0 Å². The molecule has 19 heavy (non-hydrogen) atoms. The Labute approximate surface area is 114 Å². The molecule has 0 aliphatic carbocycles. The molecule has 0 radical (unpaired) electrons. The average Bonchev–Trinajstić information content (AvgIpc) is 2.44. The normalized spacial score (nSPS) is 24.5. The molecule has 2 rings (SSSR count). The summed E-state index contributed by atoms with van der Waals surface area (Å²) in [7, 11) is 0. The molecule has 1 unspecified atom stereocenters. The van der Waals surface area contributed by atoms with Gasteiger partial charge < -0.3 is 9.84 Å². The number of benzene rings is 1. The number of aliphatic hydroxyl groups is 1. The molecule has 1 aliphatic heterocycles. The van der Waals surface area contributed by atoms with Gasteiger partial charge in [-0.3, -0.25) is 9.69 Å². The maximum absolute atomic E-state index is 12.4. The van der Waals surface area contributed by atoms with Gasteiger partial charge in [-0.05, 0) is 33.3 Å². The van der Waals surface area contributed by atoms with Crippen LogP contribution in [0.2, 0.25) is 0 Å². The highest BCUT2D eigenvalue weighted by Gasteiger charge is 2.53. The zero-order valence-electron chi connectivity index (χ0n) is 11.9. The molecule has 0 bridgehead atoms. The van der Waals surface area contributed by atoms with Crippen molar-refractivity contribution < 1.29 is 14.6 Å². The SMILES string of the molecule is CC1(C)OC(C)(C)N(C(=O)Cc2ccccc2)C1O. The Morgan fingerprint density at radius 2 is 1.84 bits per heavy atom. The maximum atomic E-state index is 12.4. The number of hydrogen-bond acceptors (Lipinski definition) is 3. The van der Waals surface area contributed by atoms with E-state index in [2.05, 4.69) is 0 Å². The van der Waals surface area contributed by atoms with Gasteiger partial charge in [0.2, 0.25) is 5.91 Å². The molecule has 104 valence electrons. The van der Waals surface area contributed by atoms with Gasteiger partial charge in [-0.2, -0.15) is 0 Å². The number of ether oxygens (including phenoxy) is 1. The van der Waals surface area contributed by atoms with Gasteiger partial charge in [-0.1, -0.05) is 30.3 Å². The van der Waals surface area contributed by atoms with Gasteiger partial charge in [0, 0.05) is 0 Å². The average molecular weight is 263 g/mol. The molecule has 1 saturated heterocycles. The fraction of sp³-hybridized carbons (Fsp3) is 0.533. The lowest BCUT2D eigenvalue weighted by Crippen LogP contribution is -2.50. The summed E-state index contributed by atoms with van der Waals surface area (Å²) in [6, 6.07) is 9.51. The first-order chi connectivity index (χ1) is 8.74. The van der Waals surface area contributed by atoms with Crippen molar-refractivity contribution in [2.45, 2.75) is 51.7 Å². The molecule has 0 spiro atoms. The number of hydrogen-bond donors (Lipinski definition) is 1. The molecule has 1 aromatic rings. The van der Waals surface area contributed by atoms with Crippen LogP contribution in [0.1, 0.15) is 33.3 Å². The molecule has 1 heterocycles. The zero-order valence-corrected chi connectivity index (χ0v) is 11.9. The van der Waals surface area contributed by atoms with Crippen molar-refractivity contribution in [2.75, 3.05) is 0 Å². The van der Waals surface area contributed by atoms with Crippen LogP contribution in [0.25, 0.3) is 0 Å². The Bertz CT molecular complexity index is 468. The Kier molecular flexibility index (Phi) is 3.41. The predicted molar refractivity (Wildman–Crippen MR) is 72.2 cm³/mol. The van der Waals surface area contributed by atoms with Crippen LogP contribution in [-0.4, -0.2) is 33.5 Å². The number of nitrogens with zero attached hydrogens (tertiary/aromatic N) is 1. The molecule has 1 N–H and O–H groups in total. The summed E-state index contributed by atoms with van der Waals surface area (Å²) >= 11 is 0. The lowest BCUT2D eigenvalue weighted by atomic mass is 10.1. The van der Waals surface area contributed by atoms with Crippen LogP contribution in [0.5, 0.6) is 0 Å². The predicted octanol–water partition coefficient (Wildman–Crippen LogP) is 1.92. The summed E-state index contributed by atoms with van der Waals surface area (Å²) in [5, 5.41) is 10.3. The third-order valence-electron chi connectivity index (χ3n) is 3.43. The molecule has 1 fully saturated rings. The lowest BCUT2D eigenvalue weighted by molar-refractivity contribution is -0.152. The first-order valence-electron chi connectivity index (χ1n) is 6.48. The largest absolute Gasteiger partial charge is 0.370 e. The van der Waals surface area contributed by atoms with Crippen LogP contribution >= 0.6 is 0 Å². The quantitative estimate of drug-likeness (QED) is 0.887. The van der Waals surface area contributed by atoms with E-state index in [-0.39, 0.29) is 12.3 Å². The Hall–Kier alpha value is -1.39. The second kappa shape index (κ2) is 4.62. The number of carbonyl (C=O) groups excluding carboxylic acids is 1. The lowest BCUT2D eigenvalue weighted by Gasteiger charge is -2.31. The molecule has 4 heteroatoms. The Morgan fingerprint density at radius 3 is 2.32 bits per heavy atom. The summed E-state index contributed by atoms with van der Waals surface area (Å²) < 4.78 is 5.77. The van der Waals surface area contributed by atoms with Crippen molar-refractivity contribution in [3.05, 3.63) is 35.9 Å². The minimum atomic E-state index is -0.932. The Morgan fingerprint density at radius 1 is 1.26 bits per heavy atom. The topological polar surface area (TPSA) is 49.8 Å². The molecule has 0 saturated carbocycles. The molecule has 1 atom stereocenters. The van der Waals surface area contributed by atoms with E-state index in [4.69, 9.17) is 4.74 Å². The fourth-order valence-electron chi connectivity index (χ4n) is 2.64. The second-order valence-electron chi connectivity index (χ2n) is 5.95. The van der Waals surface area contributed by atoms with E-state index in [1.807, 2.05) is 30.3 Å². The highest BCUT2D eigenvalue weighted by atomic mass is 16.6. The van der Waals surface area contributed by atoms with Crippen molar-refractivity contribution in [3.63, 3.8) is 0 Å². The Balaban J connectivity index is 2.19. The number of amides is 1. The van der Waals surface area contributed by atoms with Gasteiger partial charge >= 0.3 is 0 Å². The van der Waals surface area contributed by atoms with Crippen molar-refractivity contribution in [3.8, 4) is 0 Å². The van der Waals surface area contributed by atoms with Crippen molar-refractivity contribution in [2.24, 2.45) is 0 Å². The van der Waals surface area contributed by atoms with Crippen molar-refractivity contribution >= 4 is 5.91 Å². The minimum absolute atomic E-state index is 0.130. The molecular weight excluding hydrogens is 242 g/mol. The molecule has 0 aromatic heterocycles. The third-order valence-corrected chi connectivity index (χ3v) is 3.43. The highest BCUT2D eigenvalue weighted by molar-refractivity contribution is 5.80. The van der Waals surface area contributed by atoms with E-state index in [0.29, 0.717) is 0 Å². The highest BCUT2D eigenvalue weighted by Crippen LogP contribution is 2.38. The standard InChI is InChI=1S/C15H21NO3/c1-14(2)13(18)16(15(3,4)19-14)12(17)10-11-8-6-5-7-9-11/h5-9,13,18H,10H2,1-4H3. The summed E-state index contributed by atoms with van der Waals surface area (Å²) in [4.78, 5) is 13.8. The number of carbonyl (C=O) groups is 1. The summed E-state index contributed by atoms with van der Waals surface area (Å²) in [6.07, 6.45) is -0.667. The van der Waals surface area contributed by atoms with E-state index in [9.17, 15) is 9.90 Å². The van der Waals surface area contributed by atoms with Gasteiger partial charge in [0.05, 0.1) is 6.42 Å². The van der Waals surface area contributed by atoms with Crippen LogP contribution in [0.3, 0.4) is 0 Å². The smallest absolute Gasteiger partial charge is 0.231 e. The molecule has 1 amide bonds. The summed E-state index contributed by atoms with van der Waals surface area (Å²) in [5.41, 5.74) is -0.620. The van der Waals surface area contributed by atoms with E-state index < -0.39 is 17.6 Å². The van der Waals surface area contributed by atoms with Crippen molar-refractivity contribution in [1.82, 2.24) is 4.90 Å². The monoisotopic (exact) mass is 263 g/mol. The fourth-order valence-corrected chi connectivity index (χ4v) is 2.64. The second-order valence-corrected chi connectivity index (χ2v) is 5.95. The number of rotatable bonds is 2. The number of aliphatic hydroxyl groups excluding tert-OH is 1. The molecule has 1 aromatic carbocycles. The van der Waals surface area contributed by atoms with Gasteiger partial charge in [0.25, 0.3) is 0 Å². The van der Waals surface area contributed by atoms with Gasteiger partial charge in [0.1, 0.15) is 11.3 Å². The summed E-state index contributed by atoms with van der Waals surface area (Å²) in [5.74, 6) is -0.130. The van der Waals surface area contributed by atoms with Gasteiger partial charge in [0.15, 0.2) is 6.23 Å². The van der Waals surface area contributed by atoms with Crippen molar-refractivity contribution in [1.29, 1.82) is 0 Å². The third kappa shape index (κ3) is 2.65. The van der Waals surface area contributed by atoms with E-state index >= 15 is 0 Å². The van der Waals surface area contributed by atoms with E-state index in [1.54, 1.807) is 27.7 Å². The molecule has 4 nitrogen and oxygen atoms in total. The van der Waals surface area contributed by atoms with Crippen LogP contribution in [0, 0.1) is 0 Å². The van der Waals surface area contributed by atoms with E-state index in [0.717, 1.165) is 5.56 Å².